The van der Waals surface area contributed by atoms with Crippen molar-refractivity contribution in [1.82, 2.24) is 10.5 Å². The number of rotatable bonds is 3. The molecular formula is C13H19ClN2O2. The summed E-state index contributed by atoms with van der Waals surface area (Å²) in [7, 11) is 0. The van der Waals surface area contributed by atoms with Crippen LogP contribution in [0.1, 0.15) is 48.9 Å². The van der Waals surface area contributed by atoms with E-state index in [1.807, 2.05) is 0 Å². The zero-order valence-corrected chi connectivity index (χ0v) is 11.6. The van der Waals surface area contributed by atoms with Crippen molar-refractivity contribution in [3.63, 3.8) is 0 Å². The zero-order chi connectivity index (χ0) is 13.2. The first-order chi connectivity index (χ1) is 8.54. The van der Waals surface area contributed by atoms with Crippen LogP contribution in [0.15, 0.2) is 10.6 Å². The molecule has 1 fully saturated rings. The second-order valence-electron chi connectivity index (χ2n) is 5.40. The van der Waals surface area contributed by atoms with E-state index in [9.17, 15) is 4.79 Å². The number of aromatic nitrogens is 1. The van der Waals surface area contributed by atoms with Gasteiger partial charge in [0.2, 0.25) is 5.76 Å². The first-order valence-electron chi connectivity index (χ1n) is 6.36. The molecule has 0 aromatic carbocycles. The van der Waals surface area contributed by atoms with E-state index in [0.29, 0.717) is 17.5 Å². The third-order valence-electron chi connectivity index (χ3n) is 3.58. The minimum Gasteiger partial charge on any atom is -0.351 e. The predicted molar refractivity (Wildman–Crippen MR) is 69.8 cm³/mol. The summed E-state index contributed by atoms with van der Waals surface area (Å²) in [6.45, 7) is 3.99. The van der Waals surface area contributed by atoms with Gasteiger partial charge in [-0.1, -0.05) is 24.9 Å². The number of carbonyl (C=O) groups excluding carboxylic acids is 1. The maximum absolute atomic E-state index is 12.1. The number of carbonyl (C=O) groups is 1. The summed E-state index contributed by atoms with van der Waals surface area (Å²) in [6.07, 6.45) is 4.16. The van der Waals surface area contributed by atoms with Crippen LogP contribution in [0.4, 0.5) is 0 Å². The van der Waals surface area contributed by atoms with Crippen molar-refractivity contribution in [2.75, 3.05) is 5.88 Å². The van der Waals surface area contributed by atoms with Gasteiger partial charge >= 0.3 is 0 Å². The van der Waals surface area contributed by atoms with Gasteiger partial charge in [-0.05, 0) is 25.7 Å². The minimum atomic E-state index is -0.295. The molecule has 100 valence electrons. The monoisotopic (exact) mass is 270 g/mol. The number of nitrogens with one attached hydrogen (secondary N) is 1. The summed E-state index contributed by atoms with van der Waals surface area (Å²) in [6, 6.07) is 1.64. The molecule has 0 radical (unpaired) electrons. The quantitative estimate of drug-likeness (QED) is 0.859. The summed E-state index contributed by atoms with van der Waals surface area (Å²) in [4.78, 5) is 12.1. The predicted octanol–water partition coefficient (Wildman–Crippen LogP) is 2.90. The van der Waals surface area contributed by atoms with E-state index in [4.69, 9.17) is 16.1 Å². The average Bonchev–Trinajstić information content (AvgIpc) is 2.76. The third-order valence-corrected chi connectivity index (χ3v) is 4.09. The molecule has 1 aliphatic carbocycles. The summed E-state index contributed by atoms with van der Waals surface area (Å²) in [5.41, 5.74) is 0.411. The van der Waals surface area contributed by atoms with Gasteiger partial charge in [0.05, 0.1) is 11.2 Å². The van der Waals surface area contributed by atoms with E-state index in [-0.39, 0.29) is 17.2 Å². The van der Waals surface area contributed by atoms with E-state index in [1.165, 1.54) is 6.42 Å². The Labute approximate surface area is 112 Å². The number of halogens is 1. The molecule has 18 heavy (non-hydrogen) atoms. The summed E-state index contributed by atoms with van der Waals surface area (Å²) >= 11 is 6.08. The molecule has 5 heteroatoms. The molecule has 1 aromatic rings. The lowest BCUT2D eigenvalue weighted by molar-refractivity contribution is 0.0829. The lowest BCUT2D eigenvalue weighted by Crippen LogP contribution is -2.52. The molecule has 2 unspecified atom stereocenters. The van der Waals surface area contributed by atoms with Crippen LogP contribution in [0.3, 0.4) is 0 Å². The molecule has 1 heterocycles. The van der Waals surface area contributed by atoms with Gasteiger partial charge in [-0.25, -0.2) is 0 Å². The summed E-state index contributed by atoms with van der Waals surface area (Å²) < 4.78 is 4.98. The van der Waals surface area contributed by atoms with Gasteiger partial charge in [0.25, 0.3) is 5.91 Å². The Morgan fingerprint density at radius 1 is 1.72 bits per heavy atom. The largest absolute Gasteiger partial charge is 0.351 e. The number of hydrogen-bond acceptors (Lipinski definition) is 3. The van der Waals surface area contributed by atoms with Gasteiger partial charge in [-0.2, -0.15) is 0 Å². The van der Waals surface area contributed by atoms with Gasteiger partial charge in [-0.3, -0.25) is 4.79 Å². The molecule has 1 aromatic heterocycles. The second-order valence-corrected chi connectivity index (χ2v) is 5.67. The normalized spacial score (nSPS) is 28.1. The van der Waals surface area contributed by atoms with E-state index in [2.05, 4.69) is 17.4 Å². The number of amides is 1. The molecule has 1 amide bonds. The average molecular weight is 271 g/mol. The molecule has 1 N–H and O–H groups in total. The summed E-state index contributed by atoms with van der Waals surface area (Å²) in [5, 5.41) is 6.76. The van der Waals surface area contributed by atoms with Crippen molar-refractivity contribution in [2.45, 2.75) is 45.1 Å². The highest BCUT2D eigenvalue weighted by atomic mass is 35.5. The fourth-order valence-electron chi connectivity index (χ4n) is 2.70. The van der Waals surface area contributed by atoms with Crippen LogP contribution in [0.5, 0.6) is 0 Å². The van der Waals surface area contributed by atoms with Crippen molar-refractivity contribution in [2.24, 2.45) is 5.92 Å². The van der Waals surface area contributed by atoms with E-state index < -0.39 is 0 Å². The van der Waals surface area contributed by atoms with E-state index in [0.717, 1.165) is 19.3 Å². The molecule has 0 saturated heterocycles. The first kappa shape index (κ1) is 13.4. The number of nitrogens with zero attached hydrogens (tertiary/aromatic N) is 1. The van der Waals surface area contributed by atoms with Gasteiger partial charge in [0, 0.05) is 11.9 Å². The van der Waals surface area contributed by atoms with Crippen LogP contribution in [0.2, 0.25) is 0 Å². The molecule has 0 bridgehead atoms. The van der Waals surface area contributed by atoms with Crippen molar-refractivity contribution < 1.29 is 9.32 Å². The fraction of sp³-hybridized carbons (Fsp3) is 0.692. The molecule has 0 spiro atoms. The molecule has 1 aliphatic rings. The van der Waals surface area contributed by atoms with Crippen LogP contribution in [0.25, 0.3) is 0 Å². The number of alkyl halides is 1. The van der Waals surface area contributed by atoms with E-state index in [1.54, 1.807) is 13.0 Å². The van der Waals surface area contributed by atoms with Crippen LogP contribution < -0.4 is 5.32 Å². The van der Waals surface area contributed by atoms with Crippen molar-refractivity contribution in [3.8, 4) is 0 Å². The third kappa shape index (κ3) is 2.86. The zero-order valence-electron chi connectivity index (χ0n) is 10.8. The standard InChI is InChI=1S/C13H19ClN2O2/c1-9-4-3-5-13(7-9,8-14)15-12(17)11-6-10(2)16-18-11/h6,9H,3-5,7-8H2,1-2H3,(H,15,17). The Bertz CT molecular complexity index is 432. The Morgan fingerprint density at radius 3 is 3.06 bits per heavy atom. The maximum Gasteiger partial charge on any atom is 0.290 e. The first-order valence-corrected chi connectivity index (χ1v) is 6.90. The fourth-order valence-corrected chi connectivity index (χ4v) is 3.01. The van der Waals surface area contributed by atoms with Gasteiger partial charge < -0.3 is 9.84 Å². The van der Waals surface area contributed by atoms with Crippen LogP contribution in [-0.2, 0) is 0 Å². The van der Waals surface area contributed by atoms with Crippen LogP contribution in [0, 0.1) is 12.8 Å². The lowest BCUT2D eigenvalue weighted by atomic mass is 9.77. The highest BCUT2D eigenvalue weighted by Crippen LogP contribution is 2.33. The molecular weight excluding hydrogens is 252 g/mol. The summed E-state index contributed by atoms with van der Waals surface area (Å²) in [5.74, 6) is 1.07. The Hall–Kier alpha value is -1.03. The minimum absolute atomic E-state index is 0.217. The molecule has 0 aliphatic heterocycles. The van der Waals surface area contributed by atoms with Crippen LogP contribution >= 0.6 is 11.6 Å². The van der Waals surface area contributed by atoms with Gasteiger partial charge in [0.1, 0.15) is 0 Å². The molecule has 1 saturated carbocycles. The van der Waals surface area contributed by atoms with Crippen molar-refractivity contribution >= 4 is 17.5 Å². The number of aryl methyl sites for hydroxylation is 1. The molecule has 4 nitrogen and oxygen atoms in total. The smallest absolute Gasteiger partial charge is 0.290 e. The van der Waals surface area contributed by atoms with Crippen molar-refractivity contribution in [3.05, 3.63) is 17.5 Å². The Kier molecular flexibility index (Phi) is 3.95. The Morgan fingerprint density at radius 2 is 2.50 bits per heavy atom. The highest BCUT2D eigenvalue weighted by molar-refractivity contribution is 6.18. The number of hydrogen-bond donors (Lipinski definition) is 1. The molecule has 2 rings (SSSR count). The van der Waals surface area contributed by atoms with Gasteiger partial charge in [-0.15, -0.1) is 11.6 Å². The SMILES string of the molecule is Cc1cc(C(=O)NC2(CCl)CCCC(C)C2)on1. The van der Waals surface area contributed by atoms with Crippen LogP contribution in [-0.4, -0.2) is 22.5 Å². The van der Waals surface area contributed by atoms with E-state index >= 15 is 0 Å². The molecule has 2 atom stereocenters. The van der Waals surface area contributed by atoms with Crippen molar-refractivity contribution in [1.29, 1.82) is 0 Å². The Balaban J connectivity index is 2.08. The lowest BCUT2D eigenvalue weighted by Gasteiger charge is -2.39. The second kappa shape index (κ2) is 5.31. The topological polar surface area (TPSA) is 55.1 Å². The highest BCUT2D eigenvalue weighted by Gasteiger charge is 2.36. The maximum atomic E-state index is 12.1. The van der Waals surface area contributed by atoms with Gasteiger partial charge in [0.15, 0.2) is 0 Å².